The molecule has 0 fully saturated rings. The van der Waals surface area contributed by atoms with E-state index in [0.717, 1.165) is 6.42 Å². The molecule has 1 N–H and O–H groups in total. The van der Waals surface area contributed by atoms with E-state index in [-0.39, 0.29) is 11.1 Å². The highest BCUT2D eigenvalue weighted by atomic mass is 79.9. The summed E-state index contributed by atoms with van der Waals surface area (Å²) in [6, 6.07) is 6.57. The van der Waals surface area contributed by atoms with Gasteiger partial charge in [-0.2, -0.15) is 0 Å². The Hall–Kier alpha value is -0.900. The third-order valence-corrected chi connectivity index (χ3v) is 1.92. The Bertz CT molecular complexity index is 272. The predicted molar refractivity (Wildman–Crippen MR) is 57.2 cm³/mol. The zero-order valence-corrected chi connectivity index (χ0v) is 9.42. The lowest BCUT2D eigenvalue weighted by molar-refractivity contribution is -0.133. The maximum absolute atomic E-state index is 12.2. The molecule has 1 aromatic rings. The minimum Gasteiger partial charge on any atom is -0.481 e. The van der Waals surface area contributed by atoms with Gasteiger partial charge in [0.2, 0.25) is 0 Å². The van der Waals surface area contributed by atoms with E-state index < -0.39 is 5.97 Å². The lowest BCUT2D eigenvalue weighted by atomic mass is 10.2. The van der Waals surface area contributed by atoms with Crippen molar-refractivity contribution in [2.45, 2.75) is 13.3 Å². The van der Waals surface area contributed by atoms with Crippen LogP contribution in [0.1, 0.15) is 12.5 Å². The fourth-order valence-electron chi connectivity index (χ4n) is 0.720. The molecule has 0 heterocycles. The zero-order chi connectivity index (χ0) is 11.0. The first-order valence-corrected chi connectivity index (χ1v) is 5.24. The molecule has 0 saturated heterocycles. The number of rotatable bonds is 2. The normalized spacial score (nSPS) is 8.79. The van der Waals surface area contributed by atoms with Gasteiger partial charge in [0.1, 0.15) is 11.1 Å². The molecule has 0 aliphatic heterocycles. The SMILES string of the molecule is CCc1ccc(F)cc1.O=C(O)CBr. The third kappa shape index (κ3) is 6.60. The third-order valence-electron chi connectivity index (χ3n) is 1.44. The molecule has 0 aliphatic carbocycles. The van der Waals surface area contributed by atoms with Crippen LogP contribution in [0.15, 0.2) is 24.3 Å². The summed E-state index contributed by atoms with van der Waals surface area (Å²) in [7, 11) is 0. The van der Waals surface area contributed by atoms with Crippen molar-refractivity contribution in [3.05, 3.63) is 35.6 Å². The number of carboxylic acid groups (broad SMARTS) is 1. The monoisotopic (exact) mass is 262 g/mol. The van der Waals surface area contributed by atoms with Gasteiger partial charge in [-0.1, -0.05) is 35.0 Å². The fourth-order valence-corrected chi connectivity index (χ4v) is 0.720. The van der Waals surface area contributed by atoms with Crippen LogP contribution in [-0.4, -0.2) is 16.4 Å². The molecule has 1 rings (SSSR count). The largest absolute Gasteiger partial charge is 0.481 e. The smallest absolute Gasteiger partial charge is 0.314 e. The van der Waals surface area contributed by atoms with Gasteiger partial charge < -0.3 is 5.11 Å². The van der Waals surface area contributed by atoms with Gasteiger partial charge in [0.15, 0.2) is 0 Å². The number of carboxylic acids is 1. The topological polar surface area (TPSA) is 37.3 Å². The van der Waals surface area contributed by atoms with Crippen LogP contribution >= 0.6 is 15.9 Å². The summed E-state index contributed by atoms with van der Waals surface area (Å²) in [4.78, 5) is 9.32. The summed E-state index contributed by atoms with van der Waals surface area (Å²) >= 11 is 2.71. The zero-order valence-electron chi connectivity index (χ0n) is 7.84. The minimum atomic E-state index is -0.829. The summed E-state index contributed by atoms with van der Waals surface area (Å²) in [5.74, 6) is -0.989. The Morgan fingerprint density at radius 3 is 2.14 bits per heavy atom. The van der Waals surface area contributed by atoms with E-state index in [1.165, 1.54) is 17.7 Å². The molecule has 0 radical (unpaired) electrons. The molecule has 0 aliphatic rings. The highest BCUT2D eigenvalue weighted by Crippen LogP contribution is 2.01. The second-order valence-electron chi connectivity index (χ2n) is 2.51. The molecule has 0 saturated carbocycles. The van der Waals surface area contributed by atoms with Crippen molar-refractivity contribution in [3.8, 4) is 0 Å². The average molecular weight is 263 g/mol. The quantitative estimate of drug-likeness (QED) is 0.833. The van der Waals surface area contributed by atoms with Crippen LogP contribution in [0, 0.1) is 5.82 Å². The van der Waals surface area contributed by atoms with Crippen molar-refractivity contribution in [1.82, 2.24) is 0 Å². The number of aliphatic carboxylic acids is 1. The van der Waals surface area contributed by atoms with Crippen molar-refractivity contribution in [3.63, 3.8) is 0 Å². The molecule has 0 unspecified atom stereocenters. The summed E-state index contributed by atoms with van der Waals surface area (Å²) in [6.07, 6.45) is 0.972. The van der Waals surface area contributed by atoms with E-state index in [2.05, 4.69) is 15.9 Å². The molecule has 2 nitrogen and oxygen atoms in total. The number of halogens is 2. The molecule has 4 heteroatoms. The molecule has 78 valence electrons. The van der Waals surface area contributed by atoms with Gasteiger partial charge in [-0.25, -0.2) is 4.39 Å². The Balaban J connectivity index is 0.000000292. The summed E-state index contributed by atoms with van der Waals surface area (Å²) < 4.78 is 12.2. The number of hydrogen-bond donors (Lipinski definition) is 1. The highest BCUT2D eigenvalue weighted by molar-refractivity contribution is 9.09. The summed E-state index contributed by atoms with van der Waals surface area (Å²) in [5.41, 5.74) is 1.18. The summed E-state index contributed by atoms with van der Waals surface area (Å²) in [6.45, 7) is 2.05. The van der Waals surface area contributed by atoms with Crippen LogP contribution in [-0.2, 0) is 11.2 Å². The van der Waals surface area contributed by atoms with E-state index >= 15 is 0 Å². The molecule has 1 aromatic carbocycles. The van der Waals surface area contributed by atoms with E-state index in [4.69, 9.17) is 5.11 Å². The van der Waals surface area contributed by atoms with E-state index in [9.17, 15) is 9.18 Å². The Morgan fingerprint density at radius 1 is 1.43 bits per heavy atom. The van der Waals surface area contributed by atoms with Gasteiger partial charge in [-0.15, -0.1) is 0 Å². The summed E-state index contributed by atoms with van der Waals surface area (Å²) in [5, 5.41) is 7.71. The van der Waals surface area contributed by atoms with E-state index in [1.807, 2.05) is 6.92 Å². The molecule has 14 heavy (non-hydrogen) atoms. The van der Waals surface area contributed by atoms with Crippen molar-refractivity contribution in [1.29, 1.82) is 0 Å². The molecule has 0 atom stereocenters. The van der Waals surface area contributed by atoms with E-state index in [1.54, 1.807) is 12.1 Å². The van der Waals surface area contributed by atoms with Crippen LogP contribution < -0.4 is 0 Å². The first-order chi connectivity index (χ1) is 6.60. The van der Waals surface area contributed by atoms with Crippen molar-refractivity contribution in [2.24, 2.45) is 0 Å². The van der Waals surface area contributed by atoms with Crippen LogP contribution in [0.25, 0.3) is 0 Å². The maximum Gasteiger partial charge on any atom is 0.314 e. The number of benzene rings is 1. The number of aryl methyl sites for hydroxylation is 1. The fraction of sp³-hybridized carbons (Fsp3) is 0.300. The number of hydrogen-bond acceptors (Lipinski definition) is 1. The first kappa shape index (κ1) is 13.1. The van der Waals surface area contributed by atoms with Crippen molar-refractivity contribution >= 4 is 21.9 Å². The Labute approximate surface area is 90.9 Å². The van der Waals surface area contributed by atoms with Gasteiger partial charge in [0.25, 0.3) is 0 Å². The highest BCUT2D eigenvalue weighted by Gasteiger charge is 1.87. The van der Waals surface area contributed by atoms with Gasteiger partial charge in [0, 0.05) is 0 Å². The van der Waals surface area contributed by atoms with Crippen molar-refractivity contribution < 1.29 is 14.3 Å². The van der Waals surface area contributed by atoms with Crippen LogP contribution in [0.2, 0.25) is 0 Å². The number of alkyl halides is 1. The number of carbonyl (C=O) groups is 1. The van der Waals surface area contributed by atoms with E-state index in [0.29, 0.717) is 0 Å². The van der Waals surface area contributed by atoms with Gasteiger partial charge in [0.05, 0.1) is 0 Å². The second kappa shape index (κ2) is 7.50. The molecule has 0 spiro atoms. The van der Waals surface area contributed by atoms with Gasteiger partial charge >= 0.3 is 5.97 Å². The second-order valence-corrected chi connectivity index (χ2v) is 3.07. The van der Waals surface area contributed by atoms with Crippen LogP contribution in [0.4, 0.5) is 4.39 Å². The first-order valence-electron chi connectivity index (χ1n) is 4.12. The van der Waals surface area contributed by atoms with Crippen molar-refractivity contribution in [2.75, 3.05) is 5.33 Å². The lowest BCUT2D eigenvalue weighted by Crippen LogP contribution is -1.92. The van der Waals surface area contributed by atoms with Crippen LogP contribution in [0.3, 0.4) is 0 Å². The minimum absolute atomic E-state index is 0.0347. The standard InChI is InChI=1S/C8H9F.C2H3BrO2/c1-2-7-3-5-8(9)6-4-7;3-1-2(4)5/h3-6H,2H2,1H3;1H2,(H,4,5). The molecular formula is C10H12BrFO2. The predicted octanol–water partition coefficient (Wildman–Crippen LogP) is 2.85. The molecule has 0 amide bonds. The van der Waals surface area contributed by atoms with Gasteiger partial charge in [-0.05, 0) is 24.1 Å². The molecular weight excluding hydrogens is 251 g/mol. The van der Waals surface area contributed by atoms with Crippen LogP contribution in [0.5, 0.6) is 0 Å². The molecule has 0 bridgehead atoms. The average Bonchev–Trinajstić information content (AvgIpc) is 2.20. The Kier molecular flexibility index (Phi) is 7.02. The maximum atomic E-state index is 12.2. The van der Waals surface area contributed by atoms with Gasteiger partial charge in [-0.3, -0.25) is 4.79 Å². The lowest BCUT2D eigenvalue weighted by Gasteiger charge is -1.92. The molecule has 0 aromatic heterocycles. The Morgan fingerprint density at radius 2 is 1.86 bits per heavy atom.